The van der Waals surface area contributed by atoms with E-state index < -0.39 is 10.0 Å². The van der Waals surface area contributed by atoms with Crippen LogP contribution in [0, 0.1) is 0 Å². The van der Waals surface area contributed by atoms with Gasteiger partial charge in [0, 0.05) is 10.5 Å². The molecule has 2 N–H and O–H groups in total. The van der Waals surface area contributed by atoms with Crippen LogP contribution < -0.4 is 4.72 Å². The fourth-order valence-corrected chi connectivity index (χ4v) is 3.89. The van der Waals surface area contributed by atoms with Crippen LogP contribution in [0.15, 0.2) is 33.6 Å². The van der Waals surface area contributed by atoms with Crippen molar-refractivity contribution in [2.45, 2.75) is 29.9 Å². The van der Waals surface area contributed by atoms with E-state index in [4.69, 9.17) is 5.11 Å². The second-order valence-electron chi connectivity index (χ2n) is 3.87. The number of rotatable bonds is 3. The zero-order valence-electron chi connectivity index (χ0n) is 8.43. The lowest BCUT2D eigenvalue weighted by atomic mass is 9.91. The summed E-state index contributed by atoms with van der Waals surface area (Å²) >= 11 is 3.21. The SMILES string of the molecule is O=S(=O)(NC1CC(O)C1)c1ccccc1Br. The summed E-state index contributed by atoms with van der Waals surface area (Å²) in [7, 11) is -3.48. The molecule has 2 rings (SSSR count). The summed E-state index contributed by atoms with van der Waals surface area (Å²) in [4.78, 5) is 0.233. The maximum atomic E-state index is 11.9. The molecular weight excluding hydrogens is 294 g/mol. The molecular formula is C10H12BrNO3S. The molecule has 1 aliphatic carbocycles. The number of hydrogen-bond donors (Lipinski definition) is 2. The Labute approximate surface area is 103 Å². The van der Waals surface area contributed by atoms with Gasteiger partial charge in [-0.1, -0.05) is 12.1 Å². The molecule has 16 heavy (non-hydrogen) atoms. The lowest BCUT2D eigenvalue weighted by Gasteiger charge is -2.31. The molecule has 1 aromatic rings. The van der Waals surface area contributed by atoms with Gasteiger partial charge >= 0.3 is 0 Å². The number of sulfonamides is 1. The van der Waals surface area contributed by atoms with Crippen molar-refractivity contribution in [2.24, 2.45) is 0 Å². The third-order valence-corrected chi connectivity index (χ3v) is 5.09. The van der Waals surface area contributed by atoms with Gasteiger partial charge in [0.1, 0.15) is 0 Å². The minimum Gasteiger partial charge on any atom is -0.393 e. The van der Waals surface area contributed by atoms with Crippen LogP contribution in [0.5, 0.6) is 0 Å². The van der Waals surface area contributed by atoms with Crippen LogP contribution in [0.4, 0.5) is 0 Å². The number of halogens is 1. The summed E-state index contributed by atoms with van der Waals surface area (Å²) in [5, 5.41) is 9.10. The van der Waals surface area contributed by atoms with Gasteiger partial charge in [-0.2, -0.15) is 0 Å². The van der Waals surface area contributed by atoms with E-state index >= 15 is 0 Å². The second-order valence-corrected chi connectivity index (χ2v) is 6.41. The number of aliphatic hydroxyl groups excluding tert-OH is 1. The molecule has 1 fully saturated rings. The van der Waals surface area contributed by atoms with Gasteiger partial charge in [0.05, 0.1) is 11.0 Å². The Hall–Kier alpha value is -0.430. The molecule has 0 atom stereocenters. The Kier molecular flexibility index (Phi) is 3.34. The van der Waals surface area contributed by atoms with E-state index in [1.807, 2.05) is 0 Å². The molecule has 88 valence electrons. The van der Waals surface area contributed by atoms with Gasteiger partial charge in [0.15, 0.2) is 0 Å². The van der Waals surface area contributed by atoms with Crippen LogP contribution in [0.25, 0.3) is 0 Å². The van der Waals surface area contributed by atoms with Gasteiger partial charge < -0.3 is 5.11 Å². The molecule has 0 aromatic heterocycles. The summed E-state index contributed by atoms with van der Waals surface area (Å²) in [5.74, 6) is 0. The largest absolute Gasteiger partial charge is 0.393 e. The molecule has 0 saturated heterocycles. The summed E-state index contributed by atoms with van der Waals surface area (Å²) in [6.07, 6.45) is 0.611. The van der Waals surface area contributed by atoms with E-state index in [9.17, 15) is 8.42 Å². The first-order valence-corrected chi connectivity index (χ1v) is 7.21. The van der Waals surface area contributed by atoms with Crippen LogP contribution in [-0.4, -0.2) is 25.7 Å². The highest BCUT2D eigenvalue weighted by Gasteiger charge is 2.31. The average molecular weight is 306 g/mol. The average Bonchev–Trinajstić information content (AvgIpc) is 2.15. The molecule has 6 heteroatoms. The molecule has 1 saturated carbocycles. The van der Waals surface area contributed by atoms with Gasteiger partial charge in [-0.15, -0.1) is 0 Å². The maximum absolute atomic E-state index is 11.9. The smallest absolute Gasteiger partial charge is 0.241 e. The standard InChI is InChI=1S/C10H12BrNO3S/c11-9-3-1-2-4-10(9)16(14,15)12-7-5-8(13)6-7/h1-4,7-8,12-13H,5-6H2. The summed E-state index contributed by atoms with van der Waals surface area (Å²) in [6, 6.07) is 6.52. The van der Waals surface area contributed by atoms with Gasteiger partial charge in [-0.3, -0.25) is 0 Å². The van der Waals surface area contributed by atoms with Crippen molar-refractivity contribution in [2.75, 3.05) is 0 Å². The highest BCUT2D eigenvalue weighted by atomic mass is 79.9. The lowest BCUT2D eigenvalue weighted by Crippen LogP contribution is -2.46. The van der Waals surface area contributed by atoms with E-state index in [-0.39, 0.29) is 17.0 Å². The Morgan fingerprint density at radius 1 is 1.31 bits per heavy atom. The van der Waals surface area contributed by atoms with E-state index in [1.165, 1.54) is 0 Å². The fourth-order valence-electron chi connectivity index (χ4n) is 1.63. The first-order valence-electron chi connectivity index (χ1n) is 4.94. The number of hydrogen-bond acceptors (Lipinski definition) is 3. The van der Waals surface area contributed by atoms with Crippen LogP contribution in [-0.2, 0) is 10.0 Å². The van der Waals surface area contributed by atoms with E-state index in [2.05, 4.69) is 20.7 Å². The van der Waals surface area contributed by atoms with Crippen molar-refractivity contribution in [1.29, 1.82) is 0 Å². The quantitative estimate of drug-likeness (QED) is 0.883. The van der Waals surface area contributed by atoms with Crippen molar-refractivity contribution >= 4 is 26.0 Å². The topological polar surface area (TPSA) is 66.4 Å². The molecule has 0 unspecified atom stereocenters. The zero-order chi connectivity index (χ0) is 11.8. The summed E-state index contributed by atoms with van der Waals surface area (Å²) in [5.41, 5.74) is 0. The molecule has 0 spiro atoms. The molecule has 0 radical (unpaired) electrons. The first kappa shape index (κ1) is 12.0. The van der Waals surface area contributed by atoms with E-state index in [1.54, 1.807) is 24.3 Å². The monoisotopic (exact) mass is 305 g/mol. The lowest BCUT2D eigenvalue weighted by molar-refractivity contribution is 0.0712. The predicted octanol–water partition coefficient (Wildman–Crippen LogP) is 1.25. The highest BCUT2D eigenvalue weighted by molar-refractivity contribution is 9.10. The molecule has 0 amide bonds. The molecule has 0 heterocycles. The van der Waals surface area contributed by atoms with Crippen LogP contribution in [0.2, 0.25) is 0 Å². The van der Waals surface area contributed by atoms with Crippen molar-refractivity contribution in [3.8, 4) is 0 Å². The fraction of sp³-hybridized carbons (Fsp3) is 0.400. The van der Waals surface area contributed by atoms with Crippen molar-refractivity contribution in [1.82, 2.24) is 4.72 Å². The Bertz CT molecular complexity index is 483. The molecule has 4 nitrogen and oxygen atoms in total. The minimum absolute atomic E-state index is 0.146. The molecule has 1 aliphatic rings. The van der Waals surface area contributed by atoms with Crippen LogP contribution in [0.1, 0.15) is 12.8 Å². The Morgan fingerprint density at radius 2 is 1.94 bits per heavy atom. The van der Waals surface area contributed by atoms with Crippen LogP contribution >= 0.6 is 15.9 Å². The molecule has 0 aliphatic heterocycles. The van der Waals surface area contributed by atoms with Gasteiger partial charge in [0.2, 0.25) is 10.0 Å². The Morgan fingerprint density at radius 3 is 2.50 bits per heavy atom. The van der Waals surface area contributed by atoms with Gasteiger partial charge in [-0.25, -0.2) is 13.1 Å². The van der Waals surface area contributed by atoms with E-state index in [0.29, 0.717) is 17.3 Å². The second kappa shape index (κ2) is 4.44. The van der Waals surface area contributed by atoms with Crippen molar-refractivity contribution in [3.05, 3.63) is 28.7 Å². The predicted molar refractivity (Wildman–Crippen MR) is 63.5 cm³/mol. The Balaban J connectivity index is 2.16. The number of nitrogens with one attached hydrogen (secondary N) is 1. The van der Waals surface area contributed by atoms with Gasteiger partial charge in [0.25, 0.3) is 0 Å². The van der Waals surface area contributed by atoms with E-state index in [0.717, 1.165) is 0 Å². The zero-order valence-corrected chi connectivity index (χ0v) is 10.8. The normalized spacial score (nSPS) is 25.1. The van der Waals surface area contributed by atoms with Crippen molar-refractivity contribution in [3.63, 3.8) is 0 Å². The number of benzene rings is 1. The third kappa shape index (κ3) is 2.45. The summed E-state index contributed by atoms with van der Waals surface area (Å²) in [6.45, 7) is 0. The number of aliphatic hydroxyl groups is 1. The first-order chi connectivity index (χ1) is 7.49. The van der Waals surface area contributed by atoms with Crippen molar-refractivity contribution < 1.29 is 13.5 Å². The van der Waals surface area contributed by atoms with Crippen LogP contribution in [0.3, 0.4) is 0 Å². The maximum Gasteiger partial charge on any atom is 0.241 e. The highest BCUT2D eigenvalue weighted by Crippen LogP contribution is 2.25. The third-order valence-electron chi connectivity index (χ3n) is 2.56. The minimum atomic E-state index is -3.48. The van der Waals surface area contributed by atoms with Gasteiger partial charge in [-0.05, 0) is 40.9 Å². The summed E-state index contributed by atoms with van der Waals surface area (Å²) < 4.78 is 27.0. The molecule has 0 bridgehead atoms. The molecule has 1 aromatic carbocycles.